The smallest absolute Gasteiger partial charge is 0.412 e. The minimum absolute atomic E-state index is 0.0682. The molecule has 2 rings (SSSR count). The molecule has 2 aliphatic rings. The van der Waals surface area contributed by atoms with E-state index in [9.17, 15) is 18.0 Å². The number of carbonyl (C=O) groups is 1. The first kappa shape index (κ1) is 33.0. The van der Waals surface area contributed by atoms with Crippen LogP contribution in [0.4, 0.5) is 13.2 Å². The first-order chi connectivity index (χ1) is 16.9. The fourth-order valence-corrected chi connectivity index (χ4v) is 3.77. The van der Waals surface area contributed by atoms with Gasteiger partial charge in [0, 0.05) is 12.0 Å². The number of allylic oxidation sites excluding steroid dienone is 7. The van der Waals surface area contributed by atoms with E-state index in [-0.39, 0.29) is 12.4 Å². The Labute approximate surface area is 211 Å². The van der Waals surface area contributed by atoms with Crippen molar-refractivity contribution in [1.29, 1.82) is 0 Å². The molecular formula is C29H47F3O3. The van der Waals surface area contributed by atoms with Gasteiger partial charge in [-0.1, -0.05) is 77.2 Å². The highest BCUT2D eigenvalue weighted by atomic mass is 19.4. The summed E-state index contributed by atoms with van der Waals surface area (Å²) in [5.74, 6) is 1.37. The van der Waals surface area contributed by atoms with Gasteiger partial charge >= 0.3 is 12.1 Å². The first-order valence-corrected chi connectivity index (χ1v) is 13.4. The summed E-state index contributed by atoms with van der Waals surface area (Å²) in [6.07, 6.45) is 17.5. The zero-order chi connectivity index (χ0) is 26.4. The minimum atomic E-state index is -4.25. The second-order valence-corrected chi connectivity index (χ2v) is 8.54. The highest BCUT2D eigenvalue weighted by Gasteiger charge is 2.32. The molecule has 0 heterocycles. The molecule has 0 aliphatic heterocycles. The van der Waals surface area contributed by atoms with Crippen LogP contribution in [-0.2, 0) is 14.3 Å². The maximum atomic E-state index is 12.6. The molecule has 35 heavy (non-hydrogen) atoms. The normalized spacial score (nSPS) is 15.9. The van der Waals surface area contributed by atoms with E-state index in [1.54, 1.807) is 6.08 Å². The summed E-state index contributed by atoms with van der Waals surface area (Å²) in [4.78, 5) is 10.9. The molecule has 3 nitrogen and oxygen atoms in total. The van der Waals surface area contributed by atoms with Gasteiger partial charge in [0.1, 0.15) is 5.76 Å². The summed E-state index contributed by atoms with van der Waals surface area (Å²) in [6.45, 7) is 9.12. The quantitative estimate of drug-likeness (QED) is 0.152. The lowest BCUT2D eigenvalue weighted by Crippen LogP contribution is -2.10. The number of alkyl halides is 3. The minimum Gasteiger partial charge on any atom is -0.494 e. The topological polar surface area (TPSA) is 35.5 Å². The molecule has 0 spiro atoms. The second kappa shape index (κ2) is 21.3. The SMILES string of the molecule is C/C=C\CCCC(=O)OCCC.CC.FC(F)(F)C1=CC=CC(OCCCCC2CCCC2)=CC1. The number of hydrogen-bond acceptors (Lipinski definition) is 3. The molecule has 0 aromatic heterocycles. The lowest BCUT2D eigenvalue weighted by Gasteiger charge is -2.10. The molecule has 1 saturated carbocycles. The standard InChI is InChI=1S/C17H23F3O.C10H18O2.C2H6/c18-17(19,20)15-9-5-10-16(12-11-15)21-13-4-3-8-14-6-1-2-7-14;1-3-5-6-7-8-10(11)12-9-4-2;1-2/h5,9-10,12,14H,1-4,6-8,11,13H2;3,5H,4,6-9H2,1-2H3;1-2H3/b;5-3-;. The van der Waals surface area contributed by atoms with E-state index in [4.69, 9.17) is 9.47 Å². The van der Waals surface area contributed by atoms with Gasteiger partial charge in [0.05, 0.1) is 13.2 Å². The molecule has 6 heteroatoms. The Balaban J connectivity index is 0.000000707. The summed E-state index contributed by atoms with van der Waals surface area (Å²) in [5, 5.41) is 0. The number of halogens is 3. The lowest BCUT2D eigenvalue weighted by molar-refractivity contribution is -0.143. The van der Waals surface area contributed by atoms with Gasteiger partial charge in [-0.05, 0) is 63.5 Å². The maximum Gasteiger partial charge on any atom is 0.412 e. The highest BCUT2D eigenvalue weighted by molar-refractivity contribution is 5.69. The van der Waals surface area contributed by atoms with Gasteiger partial charge in [0.25, 0.3) is 0 Å². The number of ether oxygens (including phenoxy) is 2. The molecule has 0 atom stereocenters. The molecule has 202 valence electrons. The Hall–Kier alpha value is -1.98. The van der Waals surface area contributed by atoms with E-state index in [0.29, 0.717) is 25.4 Å². The third-order valence-corrected chi connectivity index (χ3v) is 5.65. The van der Waals surface area contributed by atoms with E-state index >= 15 is 0 Å². The average Bonchev–Trinajstić information content (AvgIpc) is 3.24. The van der Waals surface area contributed by atoms with Gasteiger partial charge in [0.2, 0.25) is 0 Å². The Morgan fingerprint density at radius 1 is 1.11 bits per heavy atom. The van der Waals surface area contributed by atoms with Crippen molar-refractivity contribution in [3.05, 3.63) is 47.8 Å². The molecule has 0 aromatic rings. The van der Waals surface area contributed by atoms with Crippen LogP contribution in [0.25, 0.3) is 0 Å². The molecule has 1 fully saturated rings. The third-order valence-electron chi connectivity index (χ3n) is 5.65. The monoisotopic (exact) mass is 500 g/mol. The summed E-state index contributed by atoms with van der Waals surface area (Å²) < 4.78 is 48.2. The van der Waals surface area contributed by atoms with Crippen LogP contribution < -0.4 is 0 Å². The predicted octanol–water partition coefficient (Wildman–Crippen LogP) is 9.41. The van der Waals surface area contributed by atoms with E-state index in [2.05, 4.69) is 6.08 Å². The van der Waals surface area contributed by atoms with Crippen molar-refractivity contribution in [1.82, 2.24) is 0 Å². The fourth-order valence-electron chi connectivity index (χ4n) is 3.77. The number of esters is 1. The number of unbranched alkanes of at least 4 members (excludes halogenated alkanes) is 2. The van der Waals surface area contributed by atoms with Gasteiger partial charge in [-0.15, -0.1) is 0 Å². The highest BCUT2D eigenvalue weighted by Crippen LogP contribution is 2.31. The van der Waals surface area contributed by atoms with Crippen molar-refractivity contribution in [3.63, 3.8) is 0 Å². The number of rotatable bonds is 12. The van der Waals surface area contributed by atoms with Crippen LogP contribution in [0.2, 0.25) is 0 Å². The van der Waals surface area contributed by atoms with Crippen LogP contribution in [0.1, 0.15) is 105 Å². The summed E-state index contributed by atoms with van der Waals surface area (Å²) in [6, 6.07) is 0. The van der Waals surface area contributed by atoms with Crippen molar-refractivity contribution in [2.75, 3.05) is 13.2 Å². The zero-order valence-electron chi connectivity index (χ0n) is 22.3. The Morgan fingerprint density at radius 3 is 2.46 bits per heavy atom. The molecule has 0 amide bonds. The molecule has 0 radical (unpaired) electrons. The lowest BCUT2D eigenvalue weighted by atomic mass is 10.0. The molecule has 0 saturated heterocycles. The Kier molecular flexibility index (Phi) is 20.1. The maximum absolute atomic E-state index is 12.6. The van der Waals surface area contributed by atoms with Crippen molar-refractivity contribution in [2.45, 2.75) is 111 Å². The zero-order valence-corrected chi connectivity index (χ0v) is 22.3. The van der Waals surface area contributed by atoms with Crippen LogP contribution in [0.5, 0.6) is 0 Å². The average molecular weight is 501 g/mol. The molecule has 0 unspecified atom stereocenters. The van der Waals surface area contributed by atoms with Gasteiger partial charge in [-0.3, -0.25) is 4.79 Å². The van der Waals surface area contributed by atoms with Crippen molar-refractivity contribution in [3.8, 4) is 0 Å². The number of carbonyl (C=O) groups excluding carboxylic acids is 1. The molecule has 2 aliphatic carbocycles. The van der Waals surface area contributed by atoms with Crippen molar-refractivity contribution in [2.24, 2.45) is 5.92 Å². The Bertz CT molecular complexity index is 655. The summed E-state index contributed by atoms with van der Waals surface area (Å²) in [7, 11) is 0. The van der Waals surface area contributed by atoms with E-state index in [1.807, 2.05) is 33.8 Å². The molecule has 0 N–H and O–H groups in total. The van der Waals surface area contributed by atoms with Crippen LogP contribution >= 0.6 is 0 Å². The first-order valence-electron chi connectivity index (χ1n) is 13.4. The van der Waals surface area contributed by atoms with Crippen molar-refractivity contribution >= 4 is 5.97 Å². The fraction of sp³-hybridized carbons (Fsp3) is 0.690. The second-order valence-electron chi connectivity index (χ2n) is 8.54. The molecule has 0 aromatic carbocycles. The molecule has 0 bridgehead atoms. The van der Waals surface area contributed by atoms with Gasteiger partial charge in [-0.25, -0.2) is 0 Å². The van der Waals surface area contributed by atoms with Gasteiger partial charge in [0.15, 0.2) is 0 Å². The van der Waals surface area contributed by atoms with Crippen LogP contribution in [0.15, 0.2) is 47.8 Å². The van der Waals surface area contributed by atoms with Gasteiger partial charge in [-0.2, -0.15) is 13.2 Å². The molecular weight excluding hydrogens is 453 g/mol. The number of hydrogen-bond donors (Lipinski definition) is 0. The Morgan fingerprint density at radius 2 is 1.83 bits per heavy atom. The van der Waals surface area contributed by atoms with Crippen LogP contribution in [0, 0.1) is 5.92 Å². The van der Waals surface area contributed by atoms with Crippen molar-refractivity contribution < 1.29 is 27.4 Å². The summed E-state index contributed by atoms with van der Waals surface area (Å²) in [5.41, 5.74) is -0.529. The van der Waals surface area contributed by atoms with E-state index in [1.165, 1.54) is 44.3 Å². The van der Waals surface area contributed by atoms with Crippen LogP contribution in [-0.4, -0.2) is 25.4 Å². The summed E-state index contributed by atoms with van der Waals surface area (Å²) >= 11 is 0. The largest absolute Gasteiger partial charge is 0.494 e. The third kappa shape index (κ3) is 18.0. The van der Waals surface area contributed by atoms with E-state index in [0.717, 1.165) is 44.1 Å². The van der Waals surface area contributed by atoms with E-state index < -0.39 is 11.7 Å². The van der Waals surface area contributed by atoms with Crippen LogP contribution in [0.3, 0.4) is 0 Å². The van der Waals surface area contributed by atoms with Gasteiger partial charge < -0.3 is 9.47 Å². The predicted molar refractivity (Wildman–Crippen MR) is 139 cm³/mol.